The number of piperidine rings is 1. The van der Waals surface area contributed by atoms with E-state index in [0.29, 0.717) is 18.2 Å². The van der Waals surface area contributed by atoms with Gasteiger partial charge in [0.1, 0.15) is 0 Å². The molecule has 1 heterocycles. The Hall–Kier alpha value is -1.60. The highest BCUT2D eigenvalue weighted by molar-refractivity contribution is 7.90. The standard InChI is InChI=1S/C24H34ClN3O2S/c1-2-3-9-22(21-12-14-23(25)15-13-21)19-27-16-7-8-20(17-27)18-28(31(26,29)30)24-10-5-4-6-11-24/h4-6,10-15,20,22H,2-3,7-9,16-19H2,1H3,(H2,26,29,30). The van der Waals surface area contributed by atoms with Crippen molar-refractivity contribution in [1.82, 2.24) is 4.90 Å². The Morgan fingerprint density at radius 3 is 2.52 bits per heavy atom. The van der Waals surface area contributed by atoms with Crippen LogP contribution in [0.2, 0.25) is 5.02 Å². The van der Waals surface area contributed by atoms with Crippen molar-refractivity contribution in [3.05, 3.63) is 65.2 Å². The Morgan fingerprint density at radius 2 is 1.87 bits per heavy atom. The Balaban J connectivity index is 1.68. The van der Waals surface area contributed by atoms with E-state index < -0.39 is 10.2 Å². The fraction of sp³-hybridized carbons (Fsp3) is 0.500. The lowest BCUT2D eigenvalue weighted by Crippen LogP contribution is -2.45. The van der Waals surface area contributed by atoms with E-state index in [1.165, 1.54) is 22.7 Å². The van der Waals surface area contributed by atoms with Crippen molar-refractivity contribution < 1.29 is 8.42 Å². The van der Waals surface area contributed by atoms with Gasteiger partial charge >= 0.3 is 0 Å². The number of likely N-dealkylation sites (tertiary alicyclic amines) is 1. The van der Waals surface area contributed by atoms with Gasteiger partial charge in [-0.3, -0.25) is 4.31 Å². The normalized spacial score (nSPS) is 18.6. The van der Waals surface area contributed by atoms with Gasteiger partial charge in [-0.05, 0) is 67.5 Å². The molecule has 0 saturated carbocycles. The summed E-state index contributed by atoms with van der Waals surface area (Å²) in [5, 5.41) is 6.33. The average Bonchev–Trinajstić information content (AvgIpc) is 2.76. The Morgan fingerprint density at radius 1 is 1.16 bits per heavy atom. The number of rotatable bonds is 10. The van der Waals surface area contributed by atoms with Gasteiger partial charge in [-0.1, -0.05) is 61.7 Å². The lowest BCUT2D eigenvalue weighted by atomic mass is 9.91. The van der Waals surface area contributed by atoms with Crippen molar-refractivity contribution in [2.45, 2.75) is 44.9 Å². The monoisotopic (exact) mass is 463 g/mol. The molecule has 2 N–H and O–H groups in total. The van der Waals surface area contributed by atoms with Crippen molar-refractivity contribution in [3.63, 3.8) is 0 Å². The lowest BCUT2D eigenvalue weighted by molar-refractivity contribution is 0.166. The van der Waals surface area contributed by atoms with Crippen LogP contribution in [0.25, 0.3) is 0 Å². The van der Waals surface area contributed by atoms with Crippen molar-refractivity contribution in [2.75, 3.05) is 30.5 Å². The highest BCUT2D eigenvalue weighted by atomic mass is 35.5. The molecule has 170 valence electrons. The minimum atomic E-state index is -3.81. The number of benzene rings is 2. The molecule has 1 aliphatic rings. The third-order valence-electron chi connectivity index (χ3n) is 6.10. The quantitative estimate of drug-likeness (QED) is 0.537. The maximum absolute atomic E-state index is 12.3. The van der Waals surface area contributed by atoms with Gasteiger partial charge in [0, 0.05) is 24.7 Å². The molecule has 1 aliphatic heterocycles. The molecule has 0 amide bonds. The van der Waals surface area contributed by atoms with Crippen molar-refractivity contribution in [3.8, 4) is 0 Å². The van der Waals surface area contributed by atoms with Crippen molar-refractivity contribution >= 4 is 27.5 Å². The summed E-state index contributed by atoms with van der Waals surface area (Å²) < 4.78 is 25.9. The van der Waals surface area contributed by atoms with Crippen LogP contribution in [0.1, 0.15) is 50.5 Å². The van der Waals surface area contributed by atoms with Crippen LogP contribution in [-0.2, 0) is 10.2 Å². The molecule has 0 aromatic heterocycles. The SMILES string of the molecule is CCCCC(CN1CCCC(CN(c2ccccc2)S(N)(=O)=O)C1)c1ccc(Cl)cc1. The van der Waals surface area contributed by atoms with Crippen LogP contribution < -0.4 is 9.44 Å². The fourth-order valence-corrected chi connectivity index (χ4v) is 5.47. The molecular weight excluding hydrogens is 430 g/mol. The maximum Gasteiger partial charge on any atom is 0.299 e. The van der Waals surface area contributed by atoms with E-state index >= 15 is 0 Å². The maximum atomic E-state index is 12.3. The van der Waals surface area contributed by atoms with Crippen molar-refractivity contribution in [1.29, 1.82) is 0 Å². The number of nitrogens with two attached hydrogens (primary N) is 1. The minimum absolute atomic E-state index is 0.254. The van der Waals surface area contributed by atoms with Gasteiger partial charge in [0.15, 0.2) is 0 Å². The third-order valence-corrected chi connectivity index (χ3v) is 7.33. The van der Waals surface area contributed by atoms with Crippen LogP contribution in [0.3, 0.4) is 0 Å². The number of hydrogen-bond acceptors (Lipinski definition) is 3. The number of nitrogens with zero attached hydrogens (tertiary/aromatic N) is 2. The molecule has 1 fully saturated rings. The van der Waals surface area contributed by atoms with Crippen LogP contribution in [-0.4, -0.2) is 39.5 Å². The summed E-state index contributed by atoms with van der Waals surface area (Å²) in [7, 11) is -3.81. The third kappa shape index (κ3) is 7.21. The first-order valence-electron chi connectivity index (χ1n) is 11.2. The van der Waals surface area contributed by atoms with Gasteiger partial charge in [0.05, 0.1) is 5.69 Å². The van der Waals surface area contributed by atoms with Gasteiger partial charge in [-0.25, -0.2) is 5.14 Å². The topological polar surface area (TPSA) is 66.6 Å². The molecule has 1 saturated heterocycles. The van der Waals surface area contributed by atoms with Gasteiger partial charge in [0.2, 0.25) is 0 Å². The second-order valence-electron chi connectivity index (χ2n) is 8.57. The predicted molar refractivity (Wildman–Crippen MR) is 130 cm³/mol. The zero-order chi connectivity index (χ0) is 22.3. The number of anilines is 1. The molecule has 5 nitrogen and oxygen atoms in total. The van der Waals surface area contributed by atoms with Gasteiger partial charge < -0.3 is 4.90 Å². The summed E-state index contributed by atoms with van der Waals surface area (Å²) in [5.41, 5.74) is 1.96. The summed E-state index contributed by atoms with van der Waals surface area (Å²) in [4.78, 5) is 2.50. The van der Waals surface area contributed by atoms with Gasteiger partial charge in [-0.2, -0.15) is 8.42 Å². The Kier molecular flexibility index (Phi) is 8.78. The predicted octanol–water partition coefficient (Wildman–Crippen LogP) is 5.04. The second-order valence-corrected chi connectivity index (χ2v) is 10.5. The summed E-state index contributed by atoms with van der Waals surface area (Å²) in [6.07, 6.45) is 5.59. The van der Waals surface area contributed by atoms with E-state index in [1.807, 2.05) is 30.3 Å². The van der Waals surface area contributed by atoms with Crippen LogP contribution in [0.15, 0.2) is 54.6 Å². The van der Waals surface area contributed by atoms with E-state index in [4.69, 9.17) is 16.7 Å². The zero-order valence-electron chi connectivity index (χ0n) is 18.3. The number of para-hydroxylation sites is 1. The van der Waals surface area contributed by atoms with E-state index in [9.17, 15) is 8.42 Å². The largest absolute Gasteiger partial charge is 0.302 e. The van der Waals surface area contributed by atoms with Crippen LogP contribution >= 0.6 is 11.6 Å². The molecule has 2 aromatic carbocycles. The second kappa shape index (κ2) is 11.3. The lowest BCUT2D eigenvalue weighted by Gasteiger charge is -2.37. The molecule has 2 aromatic rings. The number of hydrogen-bond donors (Lipinski definition) is 1. The van der Waals surface area contributed by atoms with Crippen LogP contribution in [0, 0.1) is 5.92 Å². The highest BCUT2D eigenvalue weighted by Crippen LogP contribution is 2.28. The van der Waals surface area contributed by atoms with Crippen molar-refractivity contribution in [2.24, 2.45) is 11.1 Å². The first-order chi connectivity index (χ1) is 14.9. The molecule has 3 rings (SSSR count). The molecular formula is C24H34ClN3O2S. The van der Waals surface area contributed by atoms with E-state index in [0.717, 1.165) is 43.9 Å². The highest BCUT2D eigenvalue weighted by Gasteiger charge is 2.28. The summed E-state index contributed by atoms with van der Waals surface area (Å²) >= 11 is 6.09. The first-order valence-corrected chi connectivity index (χ1v) is 13.1. The molecule has 2 unspecified atom stereocenters. The Labute approximate surface area is 192 Å². The summed E-state index contributed by atoms with van der Waals surface area (Å²) in [6, 6.07) is 17.4. The Bertz CT molecular complexity index is 906. The number of unbranched alkanes of at least 4 members (excludes halogenated alkanes) is 1. The molecule has 0 radical (unpaired) electrons. The molecule has 31 heavy (non-hydrogen) atoms. The molecule has 0 aliphatic carbocycles. The molecule has 7 heteroatoms. The first kappa shape index (κ1) is 24.1. The fourth-order valence-electron chi connectivity index (χ4n) is 4.51. The minimum Gasteiger partial charge on any atom is -0.302 e. The van der Waals surface area contributed by atoms with Gasteiger partial charge in [-0.15, -0.1) is 0 Å². The molecule has 2 atom stereocenters. The smallest absolute Gasteiger partial charge is 0.299 e. The van der Waals surface area contributed by atoms with E-state index in [2.05, 4.69) is 24.0 Å². The number of halogens is 1. The molecule has 0 spiro atoms. The van der Waals surface area contributed by atoms with Gasteiger partial charge in [0.25, 0.3) is 10.2 Å². The zero-order valence-corrected chi connectivity index (χ0v) is 19.9. The summed E-state index contributed by atoms with van der Waals surface area (Å²) in [6.45, 7) is 5.56. The van der Waals surface area contributed by atoms with E-state index in [1.54, 1.807) is 12.1 Å². The van der Waals surface area contributed by atoms with E-state index in [-0.39, 0.29) is 5.92 Å². The summed E-state index contributed by atoms with van der Waals surface area (Å²) in [5.74, 6) is 0.712. The average molecular weight is 464 g/mol. The van der Waals surface area contributed by atoms with Crippen LogP contribution in [0.4, 0.5) is 5.69 Å². The van der Waals surface area contributed by atoms with Crippen LogP contribution in [0.5, 0.6) is 0 Å². The molecule has 0 bridgehead atoms.